The fraction of sp³-hybridized carbons (Fsp3) is 0.500. The zero-order chi connectivity index (χ0) is 14.5. The number of aliphatic hydroxyl groups excluding tert-OH is 1. The van der Waals surface area contributed by atoms with Gasteiger partial charge in [0.15, 0.2) is 0 Å². The lowest BCUT2D eigenvalue weighted by Gasteiger charge is -2.13. The molecule has 1 atom stereocenters. The van der Waals surface area contributed by atoms with Gasteiger partial charge in [-0.05, 0) is 36.2 Å². The van der Waals surface area contributed by atoms with Crippen LogP contribution in [0.15, 0.2) is 16.8 Å². The van der Waals surface area contributed by atoms with Crippen LogP contribution in [-0.4, -0.2) is 32.3 Å². The van der Waals surface area contributed by atoms with Crippen molar-refractivity contribution in [2.45, 2.75) is 26.1 Å². The Morgan fingerprint density at radius 3 is 2.74 bits per heavy atom. The van der Waals surface area contributed by atoms with Crippen molar-refractivity contribution < 1.29 is 23.1 Å². The van der Waals surface area contributed by atoms with Crippen LogP contribution < -0.4 is 9.44 Å². The normalized spacial score (nSPS) is 13.3. The van der Waals surface area contributed by atoms with Crippen LogP contribution in [0.4, 0.5) is 4.79 Å². The van der Waals surface area contributed by atoms with Crippen LogP contribution in [0.2, 0.25) is 0 Å². The second-order valence-electron chi connectivity index (χ2n) is 3.98. The van der Waals surface area contributed by atoms with Gasteiger partial charge in [0.2, 0.25) is 0 Å². The molecule has 0 spiro atoms. The van der Waals surface area contributed by atoms with Crippen molar-refractivity contribution in [3.63, 3.8) is 0 Å². The fourth-order valence-corrected chi connectivity index (χ4v) is 2.58. The fourth-order valence-electron chi connectivity index (χ4n) is 1.16. The lowest BCUT2D eigenvalue weighted by Crippen LogP contribution is -2.42. The van der Waals surface area contributed by atoms with Gasteiger partial charge < -0.3 is 9.84 Å². The quantitative estimate of drug-likeness (QED) is 0.719. The van der Waals surface area contributed by atoms with Crippen LogP contribution in [0.3, 0.4) is 0 Å². The van der Waals surface area contributed by atoms with Crippen molar-refractivity contribution in [1.82, 2.24) is 9.44 Å². The molecule has 0 saturated carbocycles. The molecular formula is C10H16N2O5S2. The smallest absolute Gasteiger partial charge is 0.422 e. The van der Waals surface area contributed by atoms with Gasteiger partial charge in [-0.1, -0.05) is 0 Å². The third-order valence-corrected chi connectivity index (χ3v) is 3.64. The minimum absolute atomic E-state index is 0.235. The van der Waals surface area contributed by atoms with E-state index in [1.165, 1.54) is 11.3 Å². The second kappa shape index (κ2) is 6.85. The first-order chi connectivity index (χ1) is 8.80. The topological polar surface area (TPSA) is 105 Å². The number of aliphatic hydroxyl groups is 1. The van der Waals surface area contributed by atoms with Gasteiger partial charge in [-0.2, -0.15) is 24.5 Å². The minimum atomic E-state index is -4.04. The molecule has 1 rings (SSSR count). The van der Waals surface area contributed by atoms with Gasteiger partial charge in [0.1, 0.15) is 0 Å². The number of ether oxygens (including phenoxy) is 1. The van der Waals surface area contributed by atoms with E-state index in [-0.39, 0.29) is 6.54 Å². The van der Waals surface area contributed by atoms with Gasteiger partial charge >= 0.3 is 16.3 Å². The first kappa shape index (κ1) is 15.9. The van der Waals surface area contributed by atoms with Gasteiger partial charge in [-0.3, -0.25) is 0 Å². The molecule has 0 aliphatic carbocycles. The lowest BCUT2D eigenvalue weighted by atomic mass is 10.2. The zero-order valence-corrected chi connectivity index (χ0v) is 12.1. The Kier molecular flexibility index (Phi) is 5.73. The number of hydrogen-bond acceptors (Lipinski definition) is 6. The van der Waals surface area contributed by atoms with Gasteiger partial charge in [0.05, 0.1) is 12.2 Å². The maximum Gasteiger partial charge on any atom is 0.422 e. The molecule has 19 heavy (non-hydrogen) atoms. The molecule has 9 heteroatoms. The molecule has 0 radical (unpaired) electrons. The number of nitrogens with one attached hydrogen (secondary N) is 2. The first-order valence-corrected chi connectivity index (χ1v) is 7.91. The predicted molar refractivity (Wildman–Crippen MR) is 71.0 cm³/mol. The summed E-state index contributed by atoms with van der Waals surface area (Å²) < 4.78 is 31.3. The van der Waals surface area contributed by atoms with Crippen molar-refractivity contribution in [3.05, 3.63) is 22.4 Å². The molecule has 0 aliphatic heterocycles. The Morgan fingerprint density at radius 2 is 2.21 bits per heavy atom. The number of carbonyl (C=O) groups excluding carboxylic acids is 1. The number of hydrogen-bond donors (Lipinski definition) is 3. The molecule has 1 unspecified atom stereocenters. The summed E-state index contributed by atoms with van der Waals surface area (Å²) in [5.74, 6) is 0. The highest BCUT2D eigenvalue weighted by Gasteiger charge is 2.18. The summed E-state index contributed by atoms with van der Waals surface area (Å²) in [6.45, 7) is 2.96. The molecule has 0 fully saturated rings. The summed E-state index contributed by atoms with van der Waals surface area (Å²) in [6.07, 6.45) is -2.46. The molecule has 1 aromatic rings. The van der Waals surface area contributed by atoms with Crippen LogP contribution in [0.5, 0.6) is 0 Å². The highest BCUT2D eigenvalue weighted by molar-refractivity contribution is 7.88. The van der Waals surface area contributed by atoms with E-state index in [0.717, 1.165) is 0 Å². The average molecular weight is 308 g/mol. The van der Waals surface area contributed by atoms with E-state index < -0.39 is 28.5 Å². The Hall–Kier alpha value is -1.16. The van der Waals surface area contributed by atoms with E-state index in [2.05, 4.69) is 9.46 Å². The molecule has 0 aromatic carbocycles. The van der Waals surface area contributed by atoms with Crippen LogP contribution in [0.1, 0.15) is 25.5 Å². The number of amides is 1. The molecule has 0 aliphatic rings. The monoisotopic (exact) mass is 308 g/mol. The largest absolute Gasteiger partial charge is 0.446 e. The summed E-state index contributed by atoms with van der Waals surface area (Å²) in [5.41, 5.74) is 0.609. The Labute approximate surface area is 115 Å². The summed E-state index contributed by atoms with van der Waals surface area (Å²) in [6, 6.07) is 1.68. The average Bonchev–Trinajstić information content (AvgIpc) is 2.77. The summed E-state index contributed by atoms with van der Waals surface area (Å²) in [7, 11) is -4.04. The third-order valence-electron chi connectivity index (χ3n) is 1.96. The Bertz CT molecular complexity index is 498. The van der Waals surface area contributed by atoms with E-state index in [1.807, 2.05) is 0 Å². The van der Waals surface area contributed by atoms with Crippen molar-refractivity contribution in [1.29, 1.82) is 0 Å². The van der Waals surface area contributed by atoms with Crippen molar-refractivity contribution in [2.24, 2.45) is 0 Å². The maximum absolute atomic E-state index is 11.5. The second-order valence-corrected chi connectivity index (χ2v) is 6.26. The molecule has 1 amide bonds. The van der Waals surface area contributed by atoms with Crippen molar-refractivity contribution >= 4 is 27.6 Å². The van der Waals surface area contributed by atoms with Crippen LogP contribution >= 0.6 is 11.3 Å². The van der Waals surface area contributed by atoms with E-state index in [0.29, 0.717) is 5.56 Å². The molecule has 0 bridgehead atoms. The standard InChI is InChI=1S/C10H16N2O5S2/c1-7(2)17-10(14)12-19(15,16)11-5-9(13)8-3-4-18-6-8/h3-4,6-7,9,11,13H,5H2,1-2H3,(H,12,14). The molecule has 108 valence electrons. The Balaban J connectivity index is 2.45. The highest BCUT2D eigenvalue weighted by Crippen LogP contribution is 2.15. The minimum Gasteiger partial charge on any atom is -0.446 e. The molecule has 7 nitrogen and oxygen atoms in total. The van der Waals surface area contributed by atoms with Crippen molar-refractivity contribution in [3.8, 4) is 0 Å². The van der Waals surface area contributed by atoms with Crippen LogP contribution in [0.25, 0.3) is 0 Å². The third kappa shape index (κ3) is 6.01. The molecule has 0 saturated heterocycles. The molecular weight excluding hydrogens is 292 g/mol. The molecule has 1 heterocycles. The molecule has 1 aromatic heterocycles. The van der Waals surface area contributed by atoms with E-state index in [4.69, 9.17) is 0 Å². The lowest BCUT2D eigenvalue weighted by molar-refractivity contribution is 0.121. The summed E-state index contributed by atoms with van der Waals surface area (Å²) in [5, 5.41) is 13.2. The van der Waals surface area contributed by atoms with Gasteiger partial charge in [-0.15, -0.1) is 0 Å². The van der Waals surface area contributed by atoms with Gasteiger partial charge in [0.25, 0.3) is 0 Å². The SMILES string of the molecule is CC(C)OC(=O)NS(=O)(=O)NCC(O)c1ccsc1. The van der Waals surface area contributed by atoms with Crippen molar-refractivity contribution in [2.75, 3.05) is 6.54 Å². The van der Waals surface area contributed by atoms with E-state index in [9.17, 15) is 18.3 Å². The highest BCUT2D eigenvalue weighted by atomic mass is 32.2. The number of carbonyl (C=O) groups is 1. The van der Waals surface area contributed by atoms with Crippen LogP contribution in [0, 0.1) is 0 Å². The predicted octanol–water partition coefficient (Wildman–Crippen LogP) is 0.750. The number of rotatable bonds is 6. The maximum atomic E-state index is 11.5. The Morgan fingerprint density at radius 1 is 1.53 bits per heavy atom. The molecule has 3 N–H and O–H groups in total. The van der Waals surface area contributed by atoms with E-state index in [1.54, 1.807) is 35.4 Å². The van der Waals surface area contributed by atoms with E-state index >= 15 is 0 Å². The first-order valence-electron chi connectivity index (χ1n) is 5.48. The summed E-state index contributed by atoms with van der Waals surface area (Å²) >= 11 is 1.39. The van der Waals surface area contributed by atoms with Gasteiger partial charge in [-0.25, -0.2) is 9.52 Å². The summed E-state index contributed by atoms with van der Waals surface area (Å²) in [4.78, 5) is 11.1. The zero-order valence-electron chi connectivity index (χ0n) is 10.5. The van der Waals surface area contributed by atoms with Gasteiger partial charge in [0, 0.05) is 6.54 Å². The number of thiophene rings is 1. The van der Waals surface area contributed by atoms with Crippen LogP contribution in [-0.2, 0) is 14.9 Å².